The Kier molecular flexibility index (Phi) is 3.02. The van der Waals surface area contributed by atoms with E-state index in [0.29, 0.717) is 12.4 Å². The van der Waals surface area contributed by atoms with Crippen molar-refractivity contribution in [1.29, 1.82) is 0 Å². The van der Waals surface area contributed by atoms with Gasteiger partial charge in [0.1, 0.15) is 12.4 Å². The molecule has 3 aliphatic rings. The first-order chi connectivity index (χ1) is 11.8. The van der Waals surface area contributed by atoms with Crippen LogP contribution in [0.2, 0.25) is 0 Å². The highest BCUT2D eigenvalue weighted by molar-refractivity contribution is 6.13. The van der Waals surface area contributed by atoms with Gasteiger partial charge in [-0.3, -0.25) is 0 Å². The van der Waals surface area contributed by atoms with Gasteiger partial charge in [0.05, 0.1) is 5.71 Å². The van der Waals surface area contributed by atoms with Crippen LogP contribution in [0.1, 0.15) is 42.4 Å². The van der Waals surface area contributed by atoms with Crippen molar-refractivity contribution in [2.75, 3.05) is 6.61 Å². The summed E-state index contributed by atoms with van der Waals surface area (Å²) in [5.74, 6) is 0.305. The number of hydrogen-bond donors (Lipinski definition) is 1. The lowest BCUT2D eigenvalue weighted by molar-refractivity contribution is 0.174. The van der Waals surface area contributed by atoms with E-state index in [1.165, 1.54) is 28.5 Å². The molecule has 0 radical (unpaired) electrons. The van der Waals surface area contributed by atoms with Gasteiger partial charge in [-0.05, 0) is 65.3 Å². The molecule has 1 heterocycles. The highest BCUT2D eigenvalue weighted by Crippen LogP contribution is 2.41. The summed E-state index contributed by atoms with van der Waals surface area (Å²) in [6, 6.07) is 8.16. The largest absolute Gasteiger partial charge is 0.508 e. The predicted molar refractivity (Wildman–Crippen MR) is 96.3 cm³/mol. The Hall–Kier alpha value is -2.55. The van der Waals surface area contributed by atoms with Crippen LogP contribution in [0.15, 0.2) is 47.1 Å². The first-order valence-corrected chi connectivity index (χ1v) is 8.68. The molecular formula is C21H19NO2. The van der Waals surface area contributed by atoms with Crippen molar-refractivity contribution < 1.29 is 9.94 Å². The Morgan fingerprint density at radius 1 is 0.958 bits per heavy atom. The van der Waals surface area contributed by atoms with Crippen molar-refractivity contribution in [2.45, 2.75) is 32.1 Å². The predicted octanol–water partition coefficient (Wildman–Crippen LogP) is 4.72. The number of oxime groups is 1. The quantitative estimate of drug-likeness (QED) is 0.827. The van der Waals surface area contributed by atoms with Crippen molar-refractivity contribution in [3.8, 4) is 5.75 Å². The van der Waals surface area contributed by atoms with Gasteiger partial charge in [0.15, 0.2) is 0 Å². The Labute approximate surface area is 140 Å². The number of benzene rings is 2. The molecule has 5 rings (SSSR count). The van der Waals surface area contributed by atoms with Gasteiger partial charge in [0.25, 0.3) is 0 Å². The van der Waals surface area contributed by atoms with Crippen LogP contribution in [-0.4, -0.2) is 17.4 Å². The first kappa shape index (κ1) is 13.8. The highest BCUT2D eigenvalue weighted by atomic mass is 16.6. The molecule has 0 amide bonds. The SMILES string of the molecule is Oc1cc(C2=NOCC2)c2ccc3c(c2c1)CCC1=C3C=CCC1. The summed E-state index contributed by atoms with van der Waals surface area (Å²) >= 11 is 0. The van der Waals surface area contributed by atoms with Gasteiger partial charge in [0, 0.05) is 12.0 Å². The second-order valence-corrected chi connectivity index (χ2v) is 6.76. The number of nitrogens with zero attached hydrogens (tertiary/aromatic N) is 1. The van der Waals surface area contributed by atoms with E-state index in [4.69, 9.17) is 4.84 Å². The van der Waals surface area contributed by atoms with Crippen LogP contribution in [0.5, 0.6) is 5.75 Å². The number of allylic oxidation sites excluding steroid dienone is 4. The molecule has 2 aliphatic carbocycles. The molecule has 1 N–H and O–H groups in total. The number of hydrogen-bond acceptors (Lipinski definition) is 3. The molecule has 2 aromatic carbocycles. The summed E-state index contributed by atoms with van der Waals surface area (Å²) in [7, 11) is 0. The minimum Gasteiger partial charge on any atom is -0.508 e. The van der Waals surface area contributed by atoms with Gasteiger partial charge >= 0.3 is 0 Å². The summed E-state index contributed by atoms with van der Waals surface area (Å²) in [5, 5.41) is 16.8. The van der Waals surface area contributed by atoms with Gasteiger partial charge in [0.2, 0.25) is 0 Å². The lowest BCUT2D eigenvalue weighted by atomic mass is 9.79. The van der Waals surface area contributed by atoms with Crippen LogP contribution in [-0.2, 0) is 11.3 Å². The maximum absolute atomic E-state index is 10.3. The minimum absolute atomic E-state index is 0.305. The number of phenolic OH excluding ortho intramolecular Hbond substituents is 1. The molecule has 24 heavy (non-hydrogen) atoms. The number of aryl methyl sites for hydroxylation is 1. The lowest BCUT2D eigenvalue weighted by Gasteiger charge is -2.26. The number of aromatic hydroxyl groups is 1. The molecule has 3 nitrogen and oxygen atoms in total. The molecule has 0 saturated carbocycles. The highest BCUT2D eigenvalue weighted by Gasteiger charge is 2.23. The van der Waals surface area contributed by atoms with E-state index < -0.39 is 0 Å². The zero-order chi connectivity index (χ0) is 16.1. The fraction of sp³-hybridized carbons (Fsp3) is 0.286. The molecule has 120 valence electrons. The van der Waals surface area contributed by atoms with Crippen LogP contribution in [0.3, 0.4) is 0 Å². The van der Waals surface area contributed by atoms with Gasteiger partial charge in [-0.2, -0.15) is 0 Å². The van der Waals surface area contributed by atoms with Crippen LogP contribution in [0.25, 0.3) is 16.3 Å². The summed E-state index contributed by atoms with van der Waals surface area (Å²) in [6.45, 7) is 0.623. The zero-order valence-corrected chi connectivity index (χ0v) is 13.5. The van der Waals surface area contributed by atoms with Gasteiger partial charge in [-0.25, -0.2) is 0 Å². The Bertz CT molecular complexity index is 950. The van der Waals surface area contributed by atoms with E-state index in [1.807, 2.05) is 12.1 Å². The molecule has 0 atom stereocenters. The molecule has 0 bridgehead atoms. The van der Waals surface area contributed by atoms with Crippen molar-refractivity contribution in [1.82, 2.24) is 0 Å². The Balaban J connectivity index is 1.78. The van der Waals surface area contributed by atoms with E-state index in [1.54, 1.807) is 5.57 Å². The second kappa shape index (κ2) is 5.23. The van der Waals surface area contributed by atoms with E-state index in [0.717, 1.165) is 42.3 Å². The summed E-state index contributed by atoms with van der Waals surface area (Å²) in [5.41, 5.74) is 7.61. The second-order valence-electron chi connectivity index (χ2n) is 6.76. The number of rotatable bonds is 1. The van der Waals surface area contributed by atoms with Crippen molar-refractivity contribution >= 4 is 22.1 Å². The topological polar surface area (TPSA) is 41.8 Å². The molecule has 0 unspecified atom stereocenters. The molecule has 0 aromatic heterocycles. The number of phenols is 1. The van der Waals surface area contributed by atoms with Crippen LogP contribution >= 0.6 is 0 Å². The third kappa shape index (κ3) is 2.01. The molecule has 2 aromatic rings. The maximum atomic E-state index is 10.3. The fourth-order valence-corrected chi connectivity index (χ4v) is 4.26. The zero-order valence-electron chi connectivity index (χ0n) is 13.5. The molecule has 3 heteroatoms. The average molecular weight is 317 g/mol. The standard InChI is InChI=1S/C21H19NO2/c23-14-11-19-17-6-5-13-3-1-2-4-15(13)16(17)7-8-18(19)20(12-14)21-9-10-24-22-21/h2,4,7-8,11-12,23H,1,3,5-6,9-10H2. The smallest absolute Gasteiger partial charge is 0.122 e. The van der Waals surface area contributed by atoms with Crippen molar-refractivity contribution in [2.24, 2.45) is 5.16 Å². The fourth-order valence-electron chi connectivity index (χ4n) is 4.26. The summed E-state index contributed by atoms with van der Waals surface area (Å²) in [4.78, 5) is 5.17. The van der Waals surface area contributed by atoms with Crippen LogP contribution in [0.4, 0.5) is 0 Å². The van der Waals surface area contributed by atoms with Crippen LogP contribution < -0.4 is 0 Å². The summed E-state index contributed by atoms with van der Waals surface area (Å²) < 4.78 is 0. The Morgan fingerprint density at radius 2 is 1.92 bits per heavy atom. The first-order valence-electron chi connectivity index (χ1n) is 8.68. The number of fused-ring (bicyclic) bond motifs is 4. The van der Waals surface area contributed by atoms with Crippen LogP contribution in [0, 0.1) is 0 Å². The summed E-state index contributed by atoms with van der Waals surface area (Å²) in [6.07, 6.45) is 9.87. The normalized spacial score (nSPS) is 19.1. The van der Waals surface area contributed by atoms with Gasteiger partial charge in [-0.1, -0.05) is 35.0 Å². The van der Waals surface area contributed by atoms with E-state index in [-0.39, 0.29) is 0 Å². The van der Waals surface area contributed by atoms with Crippen molar-refractivity contribution in [3.63, 3.8) is 0 Å². The molecule has 0 fully saturated rings. The van der Waals surface area contributed by atoms with E-state index >= 15 is 0 Å². The van der Waals surface area contributed by atoms with Gasteiger partial charge in [-0.15, -0.1) is 0 Å². The monoisotopic (exact) mass is 317 g/mol. The molecule has 0 saturated heterocycles. The Morgan fingerprint density at radius 3 is 2.79 bits per heavy atom. The third-order valence-electron chi connectivity index (χ3n) is 5.39. The minimum atomic E-state index is 0.305. The van der Waals surface area contributed by atoms with E-state index in [2.05, 4.69) is 29.4 Å². The maximum Gasteiger partial charge on any atom is 0.122 e. The molecular weight excluding hydrogens is 298 g/mol. The third-order valence-corrected chi connectivity index (χ3v) is 5.39. The lowest BCUT2D eigenvalue weighted by Crippen LogP contribution is -2.08. The molecule has 0 spiro atoms. The average Bonchev–Trinajstić information content (AvgIpc) is 3.15. The van der Waals surface area contributed by atoms with Gasteiger partial charge < -0.3 is 9.94 Å². The molecule has 1 aliphatic heterocycles. The van der Waals surface area contributed by atoms with E-state index in [9.17, 15) is 5.11 Å². The van der Waals surface area contributed by atoms with Crippen molar-refractivity contribution in [3.05, 3.63) is 58.7 Å².